The molecule has 20 heavy (non-hydrogen) atoms. The average Bonchev–Trinajstić information content (AvgIpc) is 2.89. The summed E-state index contributed by atoms with van der Waals surface area (Å²) < 4.78 is 19.1. The Labute approximate surface area is 117 Å². The van der Waals surface area contributed by atoms with Crippen LogP contribution in [0.15, 0.2) is 22.7 Å². The molecule has 0 spiro atoms. The van der Waals surface area contributed by atoms with Gasteiger partial charge in [-0.2, -0.15) is 4.98 Å². The van der Waals surface area contributed by atoms with E-state index in [0.29, 0.717) is 17.3 Å². The van der Waals surface area contributed by atoms with Crippen molar-refractivity contribution in [2.75, 3.05) is 20.1 Å². The lowest BCUT2D eigenvalue weighted by molar-refractivity contribution is 0.248. The van der Waals surface area contributed by atoms with Crippen LogP contribution in [0.5, 0.6) is 0 Å². The van der Waals surface area contributed by atoms with Crippen LogP contribution in [0.25, 0.3) is 11.5 Å². The summed E-state index contributed by atoms with van der Waals surface area (Å²) in [6.45, 7) is 3.92. The first-order chi connectivity index (χ1) is 9.63. The Balaban J connectivity index is 1.83. The zero-order valence-electron chi connectivity index (χ0n) is 11.8. The van der Waals surface area contributed by atoms with Gasteiger partial charge in [0.2, 0.25) is 0 Å². The van der Waals surface area contributed by atoms with Crippen LogP contribution in [-0.4, -0.2) is 35.2 Å². The lowest BCUT2D eigenvalue weighted by Gasteiger charge is -2.26. The first-order valence-corrected chi connectivity index (χ1v) is 6.92. The number of piperidine rings is 1. The average molecular weight is 275 g/mol. The molecule has 1 aromatic heterocycles. The van der Waals surface area contributed by atoms with E-state index in [1.807, 2.05) is 13.0 Å². The summed E-state index contributed by atoms with van der Waals surface area (Å²) in [6.07, 6.45) is 2.04. The zero-order chi connectivity index (χ0) is 14.1. The number of aryl methyl sites for hydroxylation is 1. The van der Waals surface area contributed by atoms with Gasteiger partial charge in [-0.25, -0.2) is 4.39 Å². The van der Waals surface area contributed by atoms with Crippen LogP contribution in [0.2, 0.25) is 0 Å². The van der Waals surface area contributed by atoms with Crippen LogP contribution in [0.3, 0.4) is 0 Å². The van der Waals surface area contributed by atoms with Gasteiger partial charge in [0.1, 0.15) is 5.82 Å². The summed E-state index contributed by atoms with van der Waals surface area (Å²) in [7, 11) is 2.11. The minimum absolute atomic E-state index is 0.274. The molecule has 0 saturated carbocycles. The number of likely N-dealkylation sites (tertiary alicyclic amines) is 1. The van der Waals surface area contributed by atoms with Crippen molar-refractivity contribution < 1.29 is 8.91 Å². The molecule has 0 amide bonds. The van der Waals surface area contributed by atoms with Crippen molar-refractivity contribution in [2.24, 2.45) is 0 Å². The van der Waals surface area contributed by atoms with Crippen LogP contribution in [-0.2, 0) is 0 Å². The summed E-state index contributed by atoms with van der Waals surface area (Å²) in [5.74, 6) is 0.977. The number of nitrogens with zero attached hydrogens (tertiary/aromatic N) is 3. The van der Waals surface area contributed by atoms with Crippen molar-refractivity contribution >= 4 is 0 Å². The van der Waals surface area contributed by atoms with Crippen molar-refractivity contribution in [3.63, 3.8) is 0 Å². The smallest absolute Gasteiger partial charge is 0.260 e. The monoisotopic (exact) mass is 275 g/mol. The first kappa shape index (κ1) is 13.2. The molecule has 0 radical (unpaired) electrons. The molecule has 3 rings (SSSR count). The number of benzene rings is 1. The highest BCUT2D eigenvalue weighted by atomic mass is 19.1. The largest absolute Gasteiger partial charge is 0.334 e. The van der Waals surface area contributed by atoms with Gasteiger partial charge in [-0.3, -0.25) is 0 Å². The topological polar surface area (TPSA) is 42.2 Å². The van der Waals surface area contributed by atoms with Crippen molar-refractivity contribution in [1.82, 2.24) is 15.0 Å². The Bertz CT molecular complexity index is 603. The molecule has 0 bridgehead atoms. The van der Waals surface area contributed by atoms with Crippen molar-refractivity contribution in [3.8, 4) is 11.5 Å². The second kappa shape index (κ2) is 5.32. The van der Waals surface area contributed by atoms with E-state index < -0.39 is 0 Å². The third kappa shape index (κ3) is 2.58. The number of hydrogen-bond donors (Lipinski definition) is 0. The summed E-state index contributed by atoms with van der Waals surface area (Å²) in [5, 5.41) is 4.03. The molecule has 1 aliphatic rings. The van der Waals surface area contributed by atoms with E-state index in [1.54, 1.807) is 6.07 Å². The van der Waals surface area contributed by atoms with E-state index in [2.05, 4.69) is 22.1 Å². The SMILES string of the molecule is Cc1ccc(-c2nc(C3CCN(C)CC3)no2)c(F)c1. The Hall–Kier alpha value is -1.75. The minimum Gasteiger partial charge on any atom is -0.334 e. The summed E-state index contributed by atoms with van der Waals surface area (Å²) in [4.78, 5) is 6.67. The fraction of sp³-hybridized carbons (Fsp3) is 0.467. The van der Waals surface area contributed by atoms with E-state index in [1.165, 1.54) is 6.07 Å². The quantitative estimate of drug-likeness (QED) is 0.845. The van der Waals surface area contributed by atoms with Crippen molar-refractivity contribution in [2.45, 2.75) is 25.7 Å². The second-order valence-corrected chi connectivity index (χ2v) is 5.52. The minimum atomic E-state index is -0.316. The Morgan fingerprint density at radius 3 is 2.75 bits per heavy atom. The molecule has 1 aromatic carbocycles. The van der Waals surface area contributed by atoms with Gasteiger partial charge in [0.25, 0.3) is 5.89 Å². The Kier molecular flexibility index (Phi) is 3.53. The van der Waals surface area contributed by atoms with Crippen LogP contribution in [0, 0.1) is 12.7 Å². The second-order valence-electron chi connectivity index (χ2n) is 5.52. The number of hydrogen-bond acceptors (Lipinski definition) is 4. The Morgan fingerprint density at radius 2 is 2.05 bits per heavy atom. The lowest BCUT2D eigenvalue weighted by atomic mass is 9.96. The summed E-state index contributed by atoms with van der Waals surface area (Å²) in [5.41, 5.74) is 1.25. The van der Waals surface area contributed by atoms with E-state index in [-0.39, 0.29) is 11.7 Å². The third-order valence-corrected chi connectivity index (χ3v) is 3.88. The number of rotatable bonds is 2. The van der Waals surface area contributed by atoms with Crippen LogP contribution >= 0.6 is 0 Å². The molecule has 0 atom stereocenters. The molecule has 0 N–H and O–H groups in total. The van der Waals surface area contributed by atoms with E-state index in [4.69, 9.17) is 4.52 Å². The van der Waals surface area contributed by atoms with E-state index in [0.717, 1.165) is 31.5 Å². The predicted octanol–water partition coefficient (Wildman–Crippen LogP) is 2.99. The molecular formula is C15H18FN3O. The molecular weight excluding hydrogens is 257 g/mol. The van der Waals surface area contributed by atoms with Crippen molar-refractivity contribution in [3.05, 3.63) is 35.4 Å². The molecule has 106 valence electrons. The maximum absolute atomic E-state index is 13.9. The maximum Gasteiger partial charge on any atom is 0.260 e. The number of halogens is 1. The molecule has 0 aliphatic carbocycles. The lowest BCUT2D eigenvalue weighted by Crippen LogP contribution is -2.29. The van der Waals surface area contributed by atoms with Crippen LogP contribution in [0.4, 0.5) is 4.39 Å². The van der Waals surface area contributed by atoms with Gasteiger partial charge < -0.3 is 9.42 Å². The molecule has 5 heteroatoms. The van der Waals surface area contributed by atoms with Crippen molar-refractivity contribution in [1.29, 1.82) is 0 Å². The van der Waals surface area contributed by atoms with Crippen LogP contribution in [0.1, 0.15) is 30.1 Å². The van der Waals surface area contributed by atoms with Gasteiger partial charge in [-0.1, -0.05) is 11.2 Å². The van der Waals surface area contributed by atoms with Gasteiger partial charge in [-0.15, -0.1) is 0 Å². The predicted molar refractivity (Wildman–Crippen MR) is 73.9 cm³/mol. The van der Waals surface area contributed by atoms with Crippen LogP contribution < -0.4 is 0 Å². The molecule has 1 saturated heterocycles. The third-order valence-electron chi connectivity index (χ3n) is 3.88. The van der Waals surface area contributed by atoms with Gasteiger partial charge in [0.15, 0.2) is 5.82 Å². The highest BCUT2D eigenvalue weighted by Gasteiger charge is 2.24. The fourth-order valence-electron chi connectivity index (χ4n) is 2.57. The fourth-order valence-corrected chi connectivity index (χ4v) is 2.57. The van der Waals surface area contributed by atoms with Gasteiger partial charge in [0.05, 0.1) is 5.56 Å². The van der Waals surface area contributed by atoms with Gasteiger partial charge in [0, 0.05) is 5.92 Å². The number of aromatic nitrogens is 2. The summed E-state index contributed by atoms with van der Waals surface area (Å²) in [6, 6.07) is 5.02. The molecule has 2 aromatic rings. The normalized spacial score (nSPS) is 17.6. The zero-order valence-corrected chi connectivity index (χ0v) is 11.8. The summed E-state index contributed by atoms with van der Waals surface area (Å²) >= 11 is 0. The highest BCUT2D eigenvalue weighted by molar-refractivity contribution is 5.54. The molecule has 1 aliphatic heterocycles. The van der Waals surface area contributed by atoms with E-state index >= 15 is 0 Å². The molecule has 2 heterocycles. The first-order valence-electron chi connectivity index (χ1n) is 6.92. The maximum atomic E-state index is 13.9. The molecule has 4 nitrogen and oxygen atoms in total. The Morgan fingerprint density at radius 1 is 1.30 bits per heavy atom. The standard InChI is InChI=1S/C15H18FN3O/c1-10-3-4-12(13(16)9-10)15-17-14(18-20-15)11-5-7-19(2)8-6-11/h3-4,9,11H,5-8H2,1-2H3. The van der Waals surface area contributed by atoms with E-state index in [9.17, 15) is 4.39 Å². The van der Waals surface area contributed by atoms with Gasteiger partial charge >= 0.3 is 0 Å². The molecule has 1 fully saturated rings. The van der Waals surface area contributed by atoms with Gasteiger partial charge in [-0.05, 0) is 57.6 Å². The molecule has 0 unspecified atom stereocenters. The highest BCUT2D eigenvalue weighted by Crippen LogP contribution is 2.28.